The topological polar surface area (TPSA) is 95.9 Å². The number of carbonyl (C=O) groups is 3. The molecule has 122 valence electrons. The van der Waals surface area contributed by atoms with Crippen LogP contribution in [0.3, 0.4) is 0 Å². The first-order valence-electron chi connectivity index (χ1n) is 7.82. The smallest absolute Gasteiger partial charge is 0.310 e. The fourth-order valence-electron chi connectivity index (χ4n) is 4.53. The van der Waals surface area contributed by atoms with E-state index in [1.807, 2.05) is 12.1 Å². The Kier molecular flexibility index (Phi) is 2.43. The molecular weight excluding hydrogens is 312 g/mol. The summed E-state index contributed by atoms with van der Waals surface area (Å²) in [5, 5.41) is 12.3. The molecule has 2 bridgehead atoms. The molecule has 0 saturated carbocycles. The number of likely N-dealkylation sites (tertiary alicyclic amines) is 1. The number of carboxylic acids is 1. The highest BCUT2D eigenvalue weighted by atomic mass is 16.5. The molecule has 5 rings (SSSR count). The summed E-state index contributed by atoms with van der Waals surface area (Å²) in [6.45, 7) is 0.194. The SMILES string of the molecule is O=C(O)C1C2C=CC3(CN(C4C(=O)Nc5ccccc54)C(=O)C13)O2. The van der Waals surface area contributed by atoms with Gasteiger partial charge in [-0.1, -0.05) is 30.4 Å². The van der Waals surface area contributed by atoms with Gasteiger partial charge in [-0.3, -0.25) is 14.4 Å². The monoisotopic (exact) mass is 326 g/mol. The third-order valence-corrected chi connectivity index (χ3v) is 5.49. The average molecular weight is 326 g/mol. The van der Waals surface area contributed by atoms with Crippen LogP contribution in [0.1, 0.15) is 11.6 Å². The van der Waals surface area contributed by atoms with Crippen molar-refractivity contribution >= 4 is 23.5 Å². The molecule has 5 atom stereocenters. The standard InChI is InChI=1S/C17H14N2O5/c20-14-13(8-3-1-2-4-9(8)18-14)19-7-17-6-5-10(24-17)11(16(22)23)12(17)15(19)21/h1-6,10-13H,7H2,(H,18,20)(H,22,23). The number of carboxylic acid groups (broad SMARTS) is 1. The Bertz CT molecular complexity index is 834. The Labute approximate surface area is 136 Å². The molecular formula is C17H14N2O5. The maximum absolute atomic E-state index is 13.0. The molecule has 7 heteroatoms. The molecule has 0 radical (unpaired) electrons. The van der Waals surface area contributed by atoms with Crippen LogP contribution in [0, 0.1) is 11.8 Å². The molecule has 1 aromatic rings. The maximum Gasteiger partial charge on any atom is 0.310 e. The number of para-hydroxylation sites is 1. The third kappa shape index (κ3) is 1.48. The Balaban J connectivity index is 1.57. The van der Waals surface area contributed by atoms with Crippen LogP contribution in [0.15, 0.2) is 36.4 Å². The minimum Gasteiger partial charge on any atom is -0.481 e. The van der Waals surface area contributed by atoms with Gasteiger partial charge in [-0.05, 0) is 6.07 Å². The summed E-state index contributed by atoms with van der Waals surface area (Å²) in [5.41, 5.74) is 0.492. The third-order valence-electron chi connectivity index (χ3n) is 5.49. The van der Waals surface area contributed by atoms with Gasteiger partial charge in [0.15, 0.2) is 0 Å². The number of aliphatic carboxylic acids is 1. The van der Waals surface area contributed by atoms with Crippen molar-refractivity contribution in [2.45, 2.75) is 17.7 Å². The van der Waals surface area contributed by atoms with Gasteiger partial charge in [0.1, 0.15) is 17.6 Å². The van der Waals surface area contributed by atoms with Gasteiger partial charge < -0.3 is 20.1 Å². The molecule has 0 aliphatic carbocycles. The number of hydrogen-bond acceptors (Lipinski definition) is 4. The first-order chi connectivity index (χ1) is 11.5. The van der Waals surface area contributed by atoms with Crippen molar-refractivity contribution in [2.24, 2.45) is 11.8 Å². The van der Waals surface area contributed by atoms with Gasteiger partial charge in [0.2, 0.25) is 5.91 Å². The van der Waals surface area contributed by atoms with E-state index in [1.165, 1.54) is 4.90 Å². The van der Waals surface area contributed by atoms with Gasteiger partial charge in [0, 0.05) is 11.3 Å². The minimum atomic E-state index is -1.04. The maximum atomic E-state index is 13.0. The van der Waals surface area contributed by atoms with Crippen LogP contribution >= 0.6 is 0 Å². The van der Waals surface area contributed by atoms with Crippen molar-refractivity contribution in [3.63, 3.8) is 0 Å². The normalized spacial score (nSPS) is 38.4. The van der Waals surface area contributed by atoms with Crippen molar-refractivity contribution in [3.8, 4) is 0 Å². The van der Waals surface area contributed by atoms with E-state index in [0.717, 1.165) is 5.56 Å². The summed E-state index contributed by atoms with van der Waals surface area (Å²) >= 11 is 0. The largest absolute Gasteiger partial charge is 0.481 e. The number of rotatable bonds is 2. The highest BCUT2D eigenvalue weighted by Crippen LogP contribution is 2.54. The van der Waals surface area contributed by atoms with E-state index in [9.17, 15) is 19.5 Å². The number of anilines is 1. The van der Waals surface area contributed by atoms with Crippen molar-refractivity contribution < 1.29 is 24.2 Å². The molecule has 5 unspecified atom stereocenters. The van der Waals surface area contributed by atoms with Gasteiger partial charge in [0.25, 0.3) is 5.91 Å². The van der Waals surface area contributed by atoms with Crippen LogP contribution in [-0.2, 0) is 19.1 Å². The van der Waals surface area contributed by atoms with E-state index in [0.29, 0.717) is 5.69 Å². The summed E-state index contributed by atoms with van der Waals surface area (Å²) in [7, 11) is 0. The van der Waals surface area contributed by atoms with Crippen molar-refractivity contribution in [1.82, 2.24) is 4.90 Å². The van der Waals surface area contributed by atoms with Gasteiger partial charge in [-0.15, -0.1) is 0 Å². The number of nitrogens with one attached hydrogen (secondary N) is 1. The fourth-order valence-corrected chi connectivity index (χ4v) is 4.53. The molecule has 4 aliphatic heterocycles. The van der Waals surface area contributed by atoms with Crippen LogP contribution in [0.4, 0.5) is 5.69 Å². The zero-order chi connectivity index (χ0) is 16.6. The van der Waals surface area contributed by atoms with E-state index < -0.39 is 35.6 Å². The Hall–Kier alpha value is -2.67. The lowest BCUT2D eigenvalue weighted by Gasteiger charge is -2.25. The second kappa shape index (κ2) is 4.24. The number of carbonyl (C=O) groups excluding carboxylic acids is 2. The quantitative estimate of drug-likeness (QED) is 0.774. The second-order valence-corrected chi connectivity index (χ2v) is 6.68. The number of nitrogens with zero attached hydrogens (tertiary/aromatic N) is 1. The molecule has 1 aromatic carbocycles. The lowest BCUT2D eigenvalue weighted by molar-refractivity contribution is -0.149. The molecule has 2 N–H and O–H groups in total. The predicted molar refractivity (Wildman–Crippen MR) is 80.9 cm³/mol. The Morgan fingerprint density at radius 3 is 2.92 bits per heavy atom. The Morgan fingerprint density at radius 2 is 2.12 bits per heavy atom. The van der Waals surface area contributed by atoms with Gasteiger partial charge in [-0.2, -0.15) is 0 Å². The molecule has 2 saturated heterocycles. The van der Waals surface area contributed by atoms with Gasteiger partial charge in [-0.25, -0.2) is 0 Å². The number of fused-ring (bicyclic) bond motifs is 2. The van der Waals surface area contributed by atoms with E-state index in [-0.39, 0.29) is 18.4 Å². The zero-order valence-corrected chi connectivity index (χ0v) is 12.5. The molecule has 4 heterocycles. The number of amides is 2. The number of hydrogen-bond donors (Lipinski definition) is 2. The van der Waals surface area contributed by atoms with Crippen LogP contribution in [0.25, 0.3) is 0 Å². The number of benzene rings is 1. The van der Waals surface area contributed by atoms with Crippen molar-refractivity contribution in [3.05, 3.63) is 42.0 Å². The minimum absolute atomic E-state index is 0.194. The molecule has 4 aliphatic rings. The molecule has 1 spiro atoms. The molecule has 0 aromatic heterocycles. The summed E-state index contributed by atoms with van der Waals surface area (Å²) in [4.78, 5) is 38.5. The van der Waals surface area contributed by atoms with Crippen LogP contribution in [-0.4, -0.2) is 46.0 Å². The van der Waals surface area contributed by atoms with Crippen molar-refractivity contribution in [2.75, 3.05) is 11.9 Å². The highest BCUT2D eigenvalue weighted by Gasteiger charge is 2.68. The van der Waals surface area contributed by atoms with E-state index >= 15 is 0 Å². The second-order valence-electron chi connectivity index (χ2n) is 6.68. The van der Waals surface area contributed by atoms with Crippen molar-refractivity contribution in [1.29, 1.82) is 0 Å². The molecule has 7 nitrogen and oxygen atoms in total. The lowest BCUT2D eigenvalue weighted by atomic mass is 9.77. The van der Waals surface area contributed by atoms with E-state index in [4.69, 9.17) is 4.74 Å². The molecule has 24 heavy (non-hydrogen) atoms. The van der Waals surface area contributed by atoms with Crippen LogP contribution in [0.2, 0.25) is 0 Å². The zero-order valence-electron chi connectivity index (χ0n) is 12.5. The molecule has 2 fully saturated rings. The molecule has 2 amide bonds. The van der Waals surface area contributed by atoms with Crippen LogP contribution in [0.5, 0.6) is 0 Å². The average Bonchev–Trinajstić information content (AvgIpc) is 3.25. The summed E-state index contributed by atoms with van der Waals surface area (Å²) in [5.74, 6) is -3.31. The lowest BCUT2D eigenvalue weighted by Crippen LogP contribution is -2.40. The Morgan fingerprint density at radius 1 is 1.33 bits per heavy atom. The summed E-state index contributed by atoms with van der Waals surface area (Å²) in [6.07, 6.45) is 2.94. The highest BCUT2D eigenvalue weighted by molar-refractivity contribution is 6.05. The van der Waals surface area contributed by atoms with E-state index in [1.54, 1.807) is 24.3 Å². The summed E-state index contributed by atoms with van der Waals surface area (Å²) < 4.78 is 5.86. The van der Waals surface area contributed by atoms with Gasteiger partial charge in [0.05, 0.1) is 18.6 Å². The fraction of sp³-hybridized carbons (Fsp3) is 0.353. The predicted octanol–water partition coefficient (Wildman–Crippen LogP) is 0.546. The van der Waals surface area contributed by atoms with E-state index in [2.05, 4.69) is 5.32 Å². The first-order valence-corrected chi connectivity index (χ1v) is 7.82. The van der Waals surface area contributed by atoms with Crippen LogP contribution < -0.4 is 5.32 Å². The van der Waals surface area contributed by atoms with Gasteiger partial charge >= 0.3 is 5.97 Å². The summed E-state index contributed by atoms with van der Waals surface area (Å²) in [6, 6.07) is 6.48. The number of ether oxygens (including phenoxy) is 1. The first kappa shape index (κ1) is 13.7.